The molecular weight excluding hydrogens is 368 g/mol. The van der Waals surface area contributed by atoms with E-state index in [1.54, 1.807) is 6.07 Å². The number of pyridine rings is 1. The Labute approximate surface area is 166 Å². The van der Waals surface area contributed by atoms with Crippen LogP contribution in [0.4, 0.5) is 5.69 Å². The largest absolute Gasteiger partial charge is 0.329 e. The molecule has 2 aliphatic carbocycles. The molecule has 1 saturated carbocycles. The second kappa shape index (κ2) is 6.69. The minimum absolute atomic E-state index is 0.162. The third-order valence-corrected chi connectivity index (χ3v) is 5.88. The van der Waals surface area contributed by atoms with Crippen molar-refractivity contribution in [3.63, 3.8) is 0 Å². The van der Waals surface area contributed by atoms with E-state index in [2.05, 4.69) is 21.4 Å². The number of aromatic nitrogens is 3. The molecule has 2 N–H and O–H groups in total. The third-order valence-electron chi connectivity index (χ3n) is 5.88. The van der Waals surface area contributed by atoms with Gasteiger partial charge in [0, 0.05) is 23.8 Å². The number of anilines is 1. The molecule has 0 bridgehead atoms. The molecule has 0 spiro atoms. The molecule has 2 aliphatic rings. The number of carbonyl (C=O) groups is 1. The second-order valence-corrected chi connectivity index (χ2v) is 7.86. The first-order valence-corrected chi connectivity index (χ1v) is 10.2. The number of nitrogens with one attached hydrogen (secondary N) is 2. The molecule has 0 saturated heterocycles. The summed E-state index contributed by atoms with van der Waals surface area (Å²) < 4.78 is 1.41. The molecule has 1 fully saturated rings. The highest BCUT2D eigenvalue weighted by molar-refractivity contribution is 6.11. The topological polar surface area (TPSA) is 96.9 Å². The molecule has 0 radical (unpaired) electrons. The lowest BCUT2D eigenvalue weighted by atomic mass is 10.1. The summed E-state index contributed by atoms with van der Waals surface area (Å²) in [7, 11) is 0. The number of hydrogen-bond donors (Lipinski definition) is 2. The van der Waals surface area contributed by atoms with Crippen molar-refractivity contribution >= 4 is 22.6 Å². The first kappa shape index (κ1) is 17.8. The molecule has 1 aromatic carbocycles. The summed E-state index contributed by atoms with van der Waals surface area (Å²) in [5.41, 5.74) is 3.54. The fourth-order valence-electron chi connectivity index (χ4n) is 4.20. The van der Waals surface area contributed by atoms with Gasteiger partial charge in [-0.25, -0.2) is 9.78 Å². The van der Waals surface area contributed by atoms with Crippen molar-refractivity contribution in [3.05, 3.63) is 67.5 Å². The number of benzene rings is 1. The van der Waals surface area contributed by atoms with Gasteiger partial charge in [-0.1, -0.05) is 6.07 Å². The van der Waals surface area contributed by atoms with Crippen molar-refractivity contribution < 1.29 is 4.79 Å². The van der Waals surface area contributed by atoms with Crippen LogP contribution >= 0.6 is 0 Å². The summed E-state index contributed by atoms with van der Waals surface area (Å²) in [4.78, 5) is 44.9. The molecule has 5 rings (SSSR count). The first-order valence-electron chi connectivity index (χ1n) is 10.2. The smallest absolute Gasteiger partial charge is 0.322 e. The molecule has 1 amide bonds. The Kier molecular flexibility index (Phi) is 4.12. The van der Waals surface area contributed by atoms with E-state index < -0.39 is 11.2 Å². The average molecular weight is 390 g/mol. The Morgan fingerprint density at radius 2 is 2.00 bits per heavy atom. The van der Waals surface area contributed by atoms with E-state index in [1.165, 1.54) is 15.7 Å². The van der Waals surface area contributed by atoms with Crippen LogP contribution < -0.4 is 16.6 Å². The van der Waals surface area contributed by atoms with Gasteiger partial charge in [-0.15, -0.1) is 0 Å². The lowest BCUT2D eigenvalue weighted by Crippen LogP contribution is -2.32. The van der Waals surface area contributed by atoms with Gasteiger partial charge in [-0.3, -0.25) is 19.1 Å². The van der Waals surface area contributed by atoms with Crippen molar-refractivity contribution in [1.29, 1.82) is 0 Å². The first-order chi connectivity index (χ1) is 14.0. The van der Waals surface area contributed by atoms with Crippen molar-refractivity contribution in [2.75, 3.05) is 5.32 Å². The van der Waals surface area contributed by atoms with Crippen LogP contribution in [-0.4, -0.2) is 20.4 Å². The monoisotopic (exact) mass is 390 g/mol. The number of fused-ring (bicyclic) bond motifs is 2. The van der Waals surface area contributed by atoms with Crippen molar-refractivity contribution in [2.24, 2.45) is 0 Å². The molecule has 3 aromatic rings. The number of H-pyrrole nitrogens is 1. The van der Waals surface area contributed by atoms with Crippen LogP contribution in [0.2, 0.25) is 0 Å². The van der Waals surface area contributed by atoms with E-state index >= 15 is 0 Å². The number of aromatic amines is 1. The van der Waals surface area contributed by atoms with Gasteiger partial charge in [-0.05, 0) is 68.4 Å². The molecule has 7 nitrogen and oxygen atoms in total. The maximum Gasteiger partial charge on any atom is 0.329 e. The molecule has 29 heavy (non-hydrogen) atoms. The Balaban J connectivity index is 1.64. The highest BCUT2D eigenvalue weighted by Gasteiger charge is 2.28. The summed E-state index contributed by atoms with van der Waals surface area (Å²) >= 11 is 0. The summed E-state index contributed by atoms with van der Waals surface area (Å²) in [5, 5.41) is 3.10. The standard InChI is InChI=1S/C22H22N4O3/c1-2-26-19-18(21(28)25-22(26)29)16(11-17(24-19)13-6-7-13)20(27)23-15-9-8-12-4-3-5-14(12)10-15/h8-11,13H,2-7H2,1H3,(H,23,27)(H,25,28,29). The van der Waals surface area contributed by atoms with Crippen LogP contribution in [-0.2, 0) is 19.4 Å². The number of amides is 1. The van der Waals surface area contributed by atoms with Gasteiger partial charge < -0.3 is 5.32 Å². The van der Waals surface area contributed by atoms with Gasteiger partial charge in [0.25, 0.3) is 11.5 Å². The van der Waals surface area contributed by atoms with Crippen molar-refractivity contribution in [3.8, 4) is 0 Å². The van der Waals surface area contributed by atoms with Gasteiger partial charge in [0.15, 0.2) is 5.65 Å². The zero-order valence-corrected chi connectivity index (χ0v) is 16.2. The normalized spacial score (nSPS) is 15.5. The molecule has 0 aliphatic heterocycles. The maximum atomic E-state index is 13.2. The predicted octanol–water partition coefficient (Wildman–Crippen LogP) is 2.72. The van der Waals surface area contributed by atoms with Gasteiger partial charge in [0.2, 0.25) is 0 Å². The minimum atomic E-state index is -0.580. The van der Waals surface area contributed by atoms with Gasteiger partial charge >= 0.3 is 5.69 Å². The second-order valence-electron chi connectivity index (χ2n) is 7.86. The summed E-state index contributed by atoms with van der Waals surface area (Å²) in [5.74, 6) is -0.0744. The average Bonchev–Trinajstić information content (AvgIpc) is 3.45. The third kappa shape index (κ3) is 3.06. The van der Waals surface area contributed by atoms with E-state index in [1.807, 2.05) is 19.1 Å². The van der Waals surface area contributed by atoms with Crippen LogP contribution in [0.5, 0.6) is 0 Å². The summed E-state index contributed by atoms with van der Waals surface area (Å²) in [6, 6.07) is 7.68. The molecule has 2 aromatic heterocycles. The Bertz CT molecular complexity index is 1270. The Morgan fingerprint density at radius 1 is 1.21 bits per heavy atom. The van der Waals surface area contributed by atoms with E-state index in [0.29, 0.717) is 12.2 Å². The van der Waals surface area contributed by atoms with Crippen molar-refractivity contribution in [1.82, 2.24) is 14.5 Å². The lowest BCUT2D eigenvalue weighted by molar-refractivity contribution is 0.102. The van der Waals surface area contributed by atoms with E-state index in [-0.39, 0.29) is 28.4 Å². The maximum absolute atomic E-state index is 13.2. The number of hydrogen-bond acceptors (Lipinski definition) is 4. The van der Waals surface area contributed by atoms with Crippen LogP contribution in [0.1, 0.15) is 59.3 Å². The molecular formula is C22H22N4O3. The zero-order chi connectivity index (χ0) is 20.1. The zero-order valence-electron chi connectivity index (χ0n) is 16.2. The van der Waals surface area contributed by atoms with Crippen LogP contribution in [0.3, 0.4) is 0 Å². The molecule has 0 unspecified atom stereocenters. The highest BCUT2D eigenvalue weighted by atomic mass is 16.2. The quantitative estimate of drug-likeness (QED) is 0.716. The molecule has 7 heteroatoms. The van der Waals surface area contributed by atoms with Crippen LogP contribution in [0.25, 0.3) is 11.0 Å². The molecule has 148 valence electrons. The van der Waals surface area contributed by atoms with E-state index in [9.17, 15) is 14.4 Å². The number of aryl methyl sites for hydroxylation is 3. The summed E-state index contributed by atoms with van der Waals surface area (Å²) in [6.45, 7) is 2.17. The lowest BCUT2D eigenvalue weighted by Gasteiger charge is -2.13. The molecule has 2 heterocycles. The van der Waals surface area contributed by atoms with Gasteiger partial charge in [0.1, 0.15) is 0 Å². The fourth-order valence-corrected chi connectivity index (χ4v) is 4.20. The number of nitrogens with zero attached hydrogens (tertiary/aromatic N) is 2. The van der Waals surface area contributed by atoms with Crippen LogP contribution in [0, 0.1) is 0 Å². The number of rotatable bonds is 4. The fraction of sp³-hybridized carbons (Fsp3) is 0.364. The predicted molar refractivity (Wildman–Crippen MR) is 111 cm³/mol. The highest BCUT2D eigenvalue weighted by Crippen LogP contribution is 2.40. The number of carbonyl (C=O) groups excluding carboxylic acids is 1. The van der Waals surface area contributed by atoms with E-state index in [0.717, 1.165) is 37.8 Å². The van der Waals surface area contributed by atoms with Gasteiger partial charge in [0.05, 0.1) is 10.9 Å². The van der Waals surface area contributed by atoms with Crippen molar-refractivity contribution in [2.45, 2.75) is 51.5 Å². The van der Waals surface area contributed by atoms with Crippen LogP contribution in [0.15, 0.2) is 33.9 Å². The Hall–Kier alpha value is -3.22. The van der Waals surface area contributed by atoms with Gasteiger partial charge in [-0.2, -0.15) is 0 Å². The minimum Gasteiger partial charge on any atom is -0.322 e. The molecule has 0 atom stereocenters. The Morgan fingerprint density at radius 3 is 2.76 bits per heavy atom. The summed E-state index contributed by atoms with van der Waals surface area (Å²) in [6.07, 6.45) is 5.24. The van der Waals surface area contributed by atoms with E-state index in [4.69, 9.17) is 0 Å². The SMILES string of the molecule is CCn1c(=O)[nH]c(=O)c2c(C(=O)Nc3ccc4c(c3)CCC4)cc(C3CC3)nc21.